The number of fused-ring (bicyclic) bond motifs is 6. The molecule has 0 N–H and O–H groups in total. The Morgan fingerprint density at radius 2 is 0.900 bits per heavy atom. The van der Waals surface area contributed by atoms with E-state index in [1.165, 1.54) is 0 Å². The molecule has 0 unspecified atom stereocenters. The zero-order chi connectivity index (χ0) is 33.0. The van der Waals surface area contributed by atoms with Crippen molar-refractivity contribution < 1.29 is 0 Å². The van der Waals surface area contributed by atoms with Gasteiger partial charge in [0.1, 0.15) is 0 Å². The minimum absolute atomic E-state index is 0.647. The summed E-state index contributed by atoms with van der Waals surface area (Å²) in [4.78, 5) is 21.4. The molecule has 10 rings (SSSR count). The van der Waals surface area contributed by atoms with Crippen LogP contribution >= 0.6 is 0 Å². The molecule has 50 heavy (non-hydrogen) atoms. The van der Waals surface area contributed by atoms with Crippen LogP contribution < -0.4 is 10.7 Å². The molecule has 0 bridgehead atoms. The Bertz CT molecular complexity index is 2780. The van der Waals surface area contributed by atoms with E-state index < -0.39 is 0 Å². The van der Waals surface area contributed by atoms with E-state index in [1.54, 1.807) is 0 Å². The van der Waals surface area contributed by atoms with Gasteiger partial charge in [-0.2, -0.15) is 0 Å². The highest BCUT2D eigenvalue weighted by Gasteiger charge is 2.30. The normalized spacial score (nSPS) is 11.9. The molecular weight excluding hydrogens is 609 g/mol. The summed E-state index contributed by atoms with van der Waals surface area (Å²) in [6.45, 7) is 0. The van der Waals surface area contributed by atoms with Gasteiger partial charge in [-0.15, -0.1) is 0 Å². The van der Waals surface area contributed by atoms with Gasteiger partial charge in [0.25, 0.3) is 0 Å². The minimum Gasteiger partial charge on any atom is -0.248 e. The van der Waals surface area contributed by atoms with Gasteiger partial charge in [-0.05, 0) is 47.0 Å². The average molecular weight is 637 g/mol. The molecule has 0 fully saturated rings. The Labute approximate surface area is 288 Å². The maximum atomic E-state index is 5.42. The average Bonchev–Trinajstić information content (AvgIpc) is 3.77. The van der Waals surface area contributed by atoms with Crippen LogP contribution in [-0.4, -0.2) is 9.97 Å². The maximum Gasteiger partial charge on any atom is 0.161 e. The topological polar surface area (TPSA) is 50.5 Å². The Morgan fingerprint density at radius 3 is 1.54 bits per heavy atom. The number of para-hydroxylation sites is 1. The van der Waals surface area contributed by atoms with Gasteiger partial charge in [-0.3, -0.25) is 0 Å². The highest BCUT2D eigenvalue weighted by molar-refractivity contribution is 6.07. The first-order valence-corrected chi connectivity index (χ1v) is 16.8. The standard InChI is InChI=1S/C46H28N4/c1-5-15-29(16-6-1)35-27-40-42(43-37(47-40)26-25-34-33-23-13-14-24-36(33)48-45(34)43)44(41(35)32-21-11-4-12-22-32)46-49-38(30-17-7-2-8-18-30)28-39(50-46)31-19-9-3-10-20-31/h1-28H. The second-order valence-corrected chi connectivity index (χ2v) is 12.6. The predicted octanol–water partition coefficient (Wildman–Crippen LogP) is 10.3. The molecule has 8 aromatic rings. The fraction of sp³-hybridized carbons (Fsp3) is 0. The third-order valence-electron chi connectivity index (χ3n) is 9.62. The lowest BCUT2D eigenvalue weighted by Crippen LogP contribution is -2.04. The summed E-state index contributed by atoms with van der Waals surface area (Å²) >= 11 is 0. The summed E-state index contributed by atoms with van der Waals surface area (Å²) < 4.78 is 0. The fourth-order valence-electron chi connectivity index (χ4n) is 7.36. The van der Waals surface area contributed by atoms with Crippen LogP contribution in [0.3, 0.4) is 0 Å². The summed E-state index contributed by atoms with van der Waals surface area (Å²) in [6, 6.07) is 58.9. The molecule has 0 atom stereocenters. The quantitative estimate of drug-likeness (QED) is 0.189. The van der Waals surface area contributed by atoms with Gasteiger partial charge in [0.2, 0.25) is 0 Å². The Kier molecular flexibility index (Phi) is 6.46. The van der Waals surface area contributed by atoms with Gasteiger partial charge >= 0.3 is 0 Å². The molecule has 3 heterocycles. The summed E-state index contributed by atoms with van der Waals surface area (Å²) in [5.41, 5.74) is 12.9. The zero-order valence-corrected chi connectivity index (χ0v) is 27.0. The molecule has 0 aliphatic carbocycles. The van der Waals surface area contributed by atoms with Crippen LogP contribution in [0.1, 0.15) is 0 Å². The molecule has 2 aliphatic heterocycles. The molecule has 0 amide bonds. The third-order valence-corrected chi connectivity index (χ3v) is 9.62. The smallest absolute Gasteiger partial charge is 0.161 e. The van der Waals surface area contributed by atoms with Crippen LogP contribution in [0, 0.1) is 10.4 Å². The number of nitrogens with zero attached hydrogens (tertiary/aromatic N) is 4. The van der Waals surface area contributed by atoms with Crippen molar-refractivity contribution in [3.63, 3.8) is 0 Å². The SMILES string of the molecule is c1ccc(-c2cc(-c3ccccc3)nc(-c3c4c(cc(-c5ccccc5)c3-c3ccccc3)N=c3ccc5c(c3-4)N=c3ccccc3=5)n2)cc1. The van der Waals surface area contributed by atoms with E-state index in [4.69, 9.17) is 20.0 Å². The van der Waals surface area contributed by atoms with E-state index in [1.807, 2.05) is 18.2 Å². The van der Waals surface area contributed by atoms with Crippen molar-refractivity contribution >= 4 is 11.4 Å². The van der Waals surface area contributed by atoms with Gasteiger partial charge in [-0.25, -0.2) is 20.0 Å². The molecule has 7 aromatic carbocycles. The van der Waals surface area contributed by atoms with Gasteiger partial charge in [0.05, 0.1) is 33.5 Å². The third kappa shape index (κ3) is 4.54. The van der Waals surface area contributed by atoms with Gasteiger partial charge in [0, 0.05) is 43.8 Å². The molecule has 4 heteroatoms. The summed E-state index contributed by atoms with van der Waals surface area (Å²) in [6.07, 6.45) is 0. The maximum absolute atomic E-state index is 5.42. The highest BCUT2D eigenvalue weighted by atomic mass is 14.9. The van der Waals surface area contributed by atoms with Crippen LogP contribution in [0.15, 0.2) is 180 Å². The zero-order valence-electron chi connectivity index (χ0n) is 27.0. The number of rotatable bonds is 5. The molecular formula is C46H28N4. The largest absolute Gasteiger partial charge is 0.248 e. The van der Waals surface area contributed by atoms with Crippen LogP contribution in [0.5, 0.6) is 0 Å². The van der Waals surface area contributed by atoms with Crippen molar-refractivity contribution in [2.75, 3.05) is 0 Å². The highest BCUT2D eigenvalue weighted by Crippen LogP contribution is 2.52. The van der Waals surface area contributed by atoms with E-state index >= 15 is 0 Å². The summed E-state index contributed by atoms with van der Waals surface area (Å²) in [5.74, 6) is 0.647. The number of hydrogen-bond donors (Lipinski definition) is 0. The van der Waals surface area contributed by atoms with Gasteiger partial charge in [0.15, 0.2) is 5.82 Å². The first-order valence-electron chi connectivity index (χ1n) is 16.8. The lowest BCUT2D eigenvalue weighted by atomic mass is 9.84. The molecule has 232 valence electrons. The summed E-state index contributed by atoms with van der Waals surface area (Å²) in [7, 11) is 0. The van der Waals surface area contributed by atoms with Crippen LogP contribution in [0.4, 0.5) is 11.4 Å². The number of benzene rings is 7. The molecule has 2 aliphatic rings. The number of aromatic nitrogens is 2. The predicted molar refractivity (Wildman–Crippen MR) is 200 cm³/mol. The van der Waals surface area contributed by atoms with E-state index in [9.17, 15) is 0 Å². The fourth-order valence-corrected chi connectivity index (χ4v) is 7.36. The molecule has 0 saturated carbocycles. The van der Waals surface area contributed by atoms with Gasteiger partial charge in [-0.1, -0.05) is 140 Å². The van der Waals surface area contributed by atoms with E-state index in [0.29, 0.717) is 5.82 Å². The molecule has 0 spiro atoms. The van der Waals surface area contributed by atoms with Crippen LogP contribution in [0.25, 0.3) is 67.3 Å². The second-order valence-electron chi connectivity index (χ2n) is 12.6. The lowest BCUT2D eigenvalue weighted by molar-refractivity contribution is 1.18. The monoisotopic (exact) mass is 636 g/mol. The first kappa shape index (κ1) is 28.3. The summed E-state index contributed by atoms with van der Waals surface area (Å²) in [5, 5.41) is 4.14. The van der Waals surface area contributed by atoms with Gasteiger partial charge < -0.3 is 0 Å². The number of hydrogen-bond acceptors (Lipinski definition) is 4. The first-order chi connectivity index (χ1) is 24.8. The van der Waals surface area contributed by atoms with Crippen molar-refractivity contribution in [2.24, 2.45) is 9.98 Å². The van der Waals surface area contributed by atoms with Crippen molar-refractivity contribution in [3.8, 4) is 67.3 Å². The Morgan fingerprint density at radius 1 is 0.340 bits per heavy atom. The van der Waals surface area contributed by atoms with Crippen molar-refractivity contribution in [1.82, 2.24) is 9.97 Å². The van der Waals surface area contributed by atoms with Crippen molar-refractivity contribution in [1.29, 1.82) is 0 Å². The second kappa shape index (κ2) is 11.4. The molecule has 0 radical (unpaired) electrons. The Balaban J connectivity index is 1.38. The van der Waals surface area contributed by atoms with E-state index in [2.05, 4.69) is 152 Å². The van der Waals surface area contributed by atoms with Crippen LogP contribution in [-0.2, 0) is 0 Å². The lowest BCUT2D eigenvalue weighted by Gasteiger charge is -2.21. The molecule has 1 aromatic heterocycles. The van der Waals surface area contributed by atoms with Crippen molar-refractivity contribution in [2.45, 2.75) is 0 Å². The van der Waals surface area contributed by atoms with Crippen LogP contribution in [0.2, 0.25) is 0 Å². The minimum atomic E-state index is 0.647. The van der Waals surface area contributed by atoms with E-state index in [0.717, 1.165) is 94.0 Å². The molecule has 0 saturated heterocycles. The Hall–Kier alpha value is -6.78. The van der Waals surface area contributed by atoms with Crippen molar-refractivity contribution in [3.05, 3.63) is 191 Å². The van der Waals surface area contributed by atoms with E-state index in [-0.39, 0.29) is 0 Å². The molecule has 4 nitrogen and oxygen atoms in total.